The zero-order chi connectivity index (χ0) is 35.8. The summed E-state index contributed by atoms with van der Waals surface area (Å²) >= 11 is 1.67. The van der Waals surface area contributed by atoms with E-state index in [2.05, 4.69) is 54.7 Å². The van der Waals surface area contributed by atoms with Crippen LogP contribution < -0.4 is 9.64 Å². The summed E-state index contributed by atoms with van der Waals surface area (Å²) in [5.74, 6) is -1.06. The number of hydrogen-bond donors (Lipinski definition) is 1. The summed E-state index contributed by atoms with van der Waals surface area (Å²) in [5, 5.41) is 10.7. The van der Waals surface area contributed by atoms with Crippen LogP contribution in [0, 0.1) is 29.1 Å². The predicted octanol–water partition coefficient (Wildman–Crippen LogP) is 6.58. The molecule has 1 aromatic carbocycles. The maximum absolute atomic E-state index is 15.3. The number of anilines is 1. The molecule has 3 amide bonds. The fraction of sp³-hybridized carbons (Fsp3) is 0.667. The lowest BCUT2D eigenvalue weighted by molar-refractivity contribution is -0.150. The number of ether oxygens (including phenoxy) is 1. The largest absolute Gasteiger partial charge is 0.494 e. The van der Waals surface area contributed by atoms with Crippen LogP contribution in [0.5, 0.6) is 5.75 Å². The van der Waals surface area contributed by atoms with E-state index in [1.54, 1.807) is 33.7 Å². The Morgan fingerprint density at radius 2 is 1.73 bits per heavy atom. The van der Waals surface area contributed by atoms with Crippen molar-refractivity contribution >= 4 is 35.2 Å². The molecule has 1 spiro atoms. The van der Waals surface area contributed by atoms with Crippen LogP contribution in [-0.4, -0.2) is 86.6 Å². The lowest BCUT2D eigenvalue weighted by Gasteiger charge is -2.48. The molecule has 4 rings (SSSR count). The van der Waals surface area contributed by atoms with E-state index in [0.29, 0.717) is 18.8 Å². The average Bonchev–Trinajstić information content (AvgIpc) is 3.61. The molecule has 3 aliphatic heterocycles. The van der Waals surface area contributed by atoms with Gasteiger partial charge in [-0.05, 0) is 75.1 Å². The van der Waals surface area contributed by atoms with Gasteiger partial charge in [-0.3, -0.25) is 14.4 Å². The van der Waals surface area contributed by atoms with Gasteiger partial charge in [-0.25, -0.2) is 0 Å². The van der Waals surface area contributed by atoms with E-state index in [1.807, 2.05) is 49.9 Å². The third kappa shape index (κ3) is 6.70. The van der Waals surface area contributed by atoms with Gasteiger partial charge >= 0.3 is 0 Å². The van der Waals surface area contributed by atoms with E-state index in [-0.39, 0.29) is 53.4 Å². The number of rotatable bonds is 15. The SMILES string of the molecule is C=CCN(C(=O)[C@@H]1[C@H]2C(=O)N([C@@H](CO)[C@@H](C)CC)C(C(=O)N(CC=C)C(C)(C)CC(C)(C)C)C23S[C@@H]1CC3C)c1ccc(OCC)cc1. The van der Waals surface area contributed by atoms with Crippen molar-refractivity contribution in [1.82, 2.24) is 9.80 Å². The lowest BCUT2D eigenvalue weighted by atomic mass is 9.65. The molecular formula is C39H59N3O5S. The van der Waals surface area contributed by atoms with Gasteiger partial charge in [-0.1, -0.05) is 60.1 Å². The van der Waals surface area contributed by atoms with Gasteiger partial charge in [0.05, 0.1) is 35.8 Å². The Kier molecular flexibility index (Phi) is 11.6. The molecular weight excluding hydrogens is 623 g/mol. The highest BCUT2D eigenvalue weighted by atomic mass is 32.2. The normalized spacial score (nSPS) is 27.8. The minimum atomic E-state index is -0.818. The molecule has 3 saturated heterocycles. The molecule has 0 saturated carbocycles. The second-order valence-corrected chi connectivity index (χ2v) is 17.4. The van der Waals surface area contributed by atoms with Gasteiger partial charge in [-0.15, -0.1) is 24.9 Å². The van der Waals surface area contributed by atoms with E-state index >= 15 is 9.59 Å². The smallest absolute Gasteiger partial charge is 0.247 e. The highest BCUT2D eigenvalue weighted by Gasteiger charge is 2.77. The molecule has 0 aromatic heterocycles. The summed E-state index contributed by atoms with van der Waals surface area (Å²) in [5.41, 5.74) is 0.120. The third-order valence-corrected chi connectivity index (χ3v) is 12.9. The molecule has 3 aliphatic rings. The number of likely N-dealkylation sites (tertiary alicyclic amines) is 1. The van der Waals surface area contributed by atoms with Gasteiger partial charge in [0, 0.05) is 29.6 Å². The fourth-order valence-electron chi connectivity index (χ4n) is 9.02. The Morgan fingerprint density at radius 3 is 2.25 bits per heavy atom. The number of carbonyl (C=O) groups excluding carboxylic acids is 3. The van der Waals surface area contributed by atoms with E-state index in [9.17, 15) is 9.90 Å². The van der Waals surface area contributed by atoms with Gasteiger partial charge in [0.1, 0.15) is 11.8 Å². The number of amides is 3. The Bertz CT molecular complexity index is 1360. The van der Waals surface area contributed by atoms with Crippen molar-refractivity contribution in [1.29, 1.82) is 0 Å². The van der Waals surface area contributed by atoms with Gasteiger partial charge in [0.15, 0.2) is 0 Å². The van der Waals surface area contributed by atoms with Crippen molar-refractivity contribution in [2.45, 2.75) is 109 Å². The zero-order valence-electron chi connectivity index (χ0n) is 30.7. The molecule has 1 N–H and O–H groups in total. The first-order chi connectivity index (χ1) is 22.5. The van der Waals surface area contributed by atoms with Crippen LogP contribution in [0.15, 0.2) is 49.6 Å². The first kappa shape index (κ1) is 38.0. The summed E-state index contributed by atoms with van der Waals surface area (Å²) < 4.78 is 4.83. The molecule has 8 nitrogen and oxygen atoms in total. The van der Waals surface area contributed by atoms with E-state index in [0.717, 1.165) is 25.0 Å². The molecule has 0 radical (unpaired) electrons. The molecule has 0 aliphatic carbocycles. The topological polar surface area (TPSA) is 90.4 Å². The van der Waals surface area contributed by atoms with E-state index < -0.39 is 34.2 Å². The molecule has 1 aromatic rings. The minimum absolute atomic E-state index is 0.00960. The van der Waals surface area contributed by atoms with Crippen LogP contribution in [0.3, 0.4) is 0 Å². The predicted molar refractivity (Wildman–Crippen MR) is 196 cm³/mol. The van der Waals surface area contributed by atoms with Crippen molar-refractivity contribution in [2.24, 2.45) is 29.1 Å². The van der Waals surface area contributed by atoms with Crippen LogP contribution in [-0.2, 0) is 14.4 Å². The molecule has 3 heterocycles. The van der Waals surface area contributed by atoms with Crippen molar-refractivity contribution in [3.63, 3.8) is 0 Å². The standard InChI is InChI=1S/C39H59N3O5S/c1-12-20-40(27-16-18-28(19-17-27)47-15-4)34(44)31-30-22-26(6)39(48-30)32(31)35(45)42(29(23-43)25(5)14-3)33(39)36(46)41(21-13-2)38(10,11)24-37(7,8)9/h12-13,16-19,25-26,29-33,43H,1-2,14-15,20-24H2,3-11H3/t25-,26?,29-,30+,31-,32-,33?,39?/m0/s1. The highest BCUT2D eigenvalue weighted by Crippen LogP contribution is 2.69. The van der Waals surface area contributed by atoms with Crippen LogP contribution in [0.4, 0.5) is 5.69 Å². The van der Waals surface area contributed by atoms with Gasteiger partial charge in [0.25, 0.3) is 0 Å². The summed E-state index contributed by atoms with van der Waals surface area (Å²) in [7, 11) is 0. The fourth-order valence-corrected chi connectivity index (χ4v) is 11.4. The van der Waals surface area contributed by atoms with Crippen LogP contribution in [0.2, 0.25) is 0 Å². The van der Waals surface area contributed by atoms with Crippen molar-refractivity contribution in [3.05, 3.63) is 49.6 Å². The maximum atomic E-state index is 15.3. The number of hydrogen-bond acceptors (Lipinski definition) is 6. The molecule has 9 heteroatoms. The third-order valence-electron chi connectivity index (χ3n) is 10.9. The van der Waals surface area contributed by atoms with Crippen LogP contribution in [0.1, 0.15) is 81.6 Å². The van der Waals surface area contributed by atoms with E-state index in [4.69, 9.17) is 4.74 Å². The molecule has 48 heavy (non-hydrogen) atoms. The average molecular weight is 682 g/mol. The molecule has 266 valence electrons. The number of carbonyl (C=O) groups is 3. The Hall–Kier alpha value is -2.78. The first-order valence-corrected chi connectivity index (χ1v) is 18.6. The number of aliphatic hydroxyl groups is 1. The maximum Gasteiger partial charge on any atom is 0.247 e. The molecule has 2 bridgehead atoms. The summed E-state index contributed by atoms with van der Waals surface area (Å²) in [4.78, 5) is 50.5. The van der Waals surface area contributed by atoms with E-state index in [1.165, 1.54) is 0 Å². The Labute approximate surface area is 293 Å². The molecule has 8 atom stereocenters. The number of fused-ring (bicyclic) bond motifs is 1. The second kappa shape index (κ2) is 14.6. The summed E-state index contributed by atoms with van der Waals surface area (Å²) in [6, 6.07) is 6.07. The monoisotopic (exact) mass is 681 g/mol. The first-order valence-electron chi connectivity index (χ1n) is 17.7. The van der Waals surface area contributed by atoms with Crippen molar-refractivity contribution in [3.8, 4) is 5.75 Å². The minimum Gasteiger partial charge on any atom is -0.494 e. The highest BCUT2D eigenvalue weighted by molar-refractivity contribution is 8.02. The second-order valence-electron chi connectivity index (χ2n) is 15.9. The van der Waals surface area contributed by atoms with Crippen LogP contribution >= 0.6 is 11.8 Å². The molecule has 3 fully saturated rings. The number of aliphatic hydroxyl groups excluding tert-OH is 1. The summed E-state index contributed by atoms with van der Waals surface area (Å²) in [6.07, 6.45) is 5.68. The summed E-state index contributed by atoms with van der Waals surface area (Å²) in [6.45, 7) is 27.7. The van der Waals surface area contributed by atoms with Gasteiger partial charge < -0.3 is 24.5 Å². The van der Waals surface area contributed by atoms with Gasteiger partial charge in [0.2, 0.25) is 17.7 Å². The number of thioether (sulfide) groups is 1. The van der Waals surface area contributed by atoms with Gasteiger partial charge in [-0.2, -0.15) is 0 Å². The van der Waals surface area contributed by atoms with Crippen LogP contribution in [0.25, 0.3) is 0 Å². The zero-order valence-corrected chi connectivity index (χ0v) is 31.5. The number of benzene rings is 1. The lowest BCUT2D eigenvalue weighted by Crippen LogP contribution is -2.63. The Morgan fingerprint density at radius 1 is 1.10 bits per heavy atom. The number of nitrogens with zero attached hydrogens (tertiary/aromatic N) is 3. The Balaban J connectivity index is 1.86. The molecule has 3 unspecified atom stereocenters. The quantitative estimate of drug-likeness (QED) is 0.211. The van der Waals surface area contributed by atoms with Crippen molar-refractivity contribution in [2.75, 3.05) is 31.2 Å². The van der Waals surface area contributed by atoms with Crippen molar-refractivity contribution < 1.29 is 24.2 Å².